The van der Waals surface area contributed by atoms with E-state index in [2.05, 4.69) is 27.7 Å². The van der Waals surface area contributed by atoms with Crippen LogP contribution < -0.4 is 15.5 Å². The molecule has 2 N–H and O–H groups in total. The number of anilines is 2. The second kappa shape index (κ2) is 7.68. The summed E-state index contributed by atoms with van der Waals surface area (Å²) in [7, 11) is 1.78. The molecule has 2 amide bonds. The Morgan fingerprint density at radius 1 is 1.13 bits per heavy atom. The first-order valence-corrected chi connectivity index (χ1v) is 8.70. The van der Waals surface area contributed by atoms with Crippen molar-refractivity contribution < 1.29 is 9.53 Å². The molecule has 23 heavy (non-hydrogen) atoms. The summed E-state index contributed by atoms with van der Waals surface area (Å²) in [5.41, 5.74) is 2.03. The molecule has 5 heteroatoms. The molecule has 1 aliphatic carbocycles. The first kappa shape index (κ1) is 16.1. The Kier molecular flexibility index (Phi) is 5.39. The lowest BCUT2D eigenvalue weighted by atomic mass is 10.1. The maximum Gasteiger partial charge on any atom is 0.319 e. The molecule has 1 aromatic rings. The van der Waals surface area contributed by atoms with E-state index in [0.29, 0.717) is 12.1 Å². The van der Waals surface area contributed by atoms with E-state index >= 15 is 0 Å². The average molecular weight is 317 g/mol. The van der Waals surface area contributed by atoms with Gasteiger partial charge in [0.05, 0.1) is 6.10 Å². The molecule has 0 spiro atoms. The minimum Gasteiger partial charge on any atom is -0.380 e. The van der Waals surface area contributed by atoms with Gasteiger partial charge in [-0.25, -0.2) is 4.79 Å². The molecular formula is C18H27N3O2. The topological polar surface area (TPSA) is 53.6 Å². The van der Waals surface area contributed by atoms with E-state index in [1.165, 1.54) is 18.5 Å². The zero-order valence-corrected chi connectivity index (χ0v) is 13.9. The number of rotatable bonds is 4. The molecule has 1 atom stereocenters. The fraction of sp³-hybridized carbons (Fsp3) is 0.611. The molecule has 1 aromatic carbocycles. The highest BCUT2D eigenvalue weighted by molar-refractivity contribution is 5.89. The van der Waals surface area contributed by atoms with Crippen molar-refractivity contribution in [3.63, 3.8) is 0 Å². The molecule has 1 aliphatic heterocycles. The van der Waals surface area contributed by atoms with Gasteiger partial charge in [-0.3, -0.25) is 0 Å². The van der Waals surface area contributed by atoms with Crippen LogP contribution in [0.5, 0.6) is 0 Å². The number of amides is 2. The Bertz CT molecular complexity index is 512. The highest BCUT2D eigenvalue weighted by Crippen LogP contribution is 2.23. The van der Waals surface area contributed by atoms with Gasteiger partial charge in [0.1, 0.15) is 0 Å². The van der Waals surface area contributed by atoms with Crippen molar-refractivity contribution in [3.8, 4) is 0 Å². The van der Waals surface area contributed by atoms with Gasteiger partial charge in [0.15, 0.2) is 0 Å². The predicted octanol–water partition coefficient (Wildman–Crippen LogP) is 3.37. The van der Waals surface area contributed by atoms with Crippen molar-refractivity contribution in [3.05, 3.63) is 24.3 Å². The van der Waals surface area contributed by atoms with E-state index in [1.54, 1.807) is 7.11 Å². The van der Waals surface area contributed by atoms with Gasteiger partial charge in [-0.15, -0.1) is 0 Å². The zero-order chi connectivity index (χ0) is 16.1. The SMILES string of the molecule is COC1CCCN(c2ccc(NC(=O)NC3CCCC3)cc2)C1. The normalized spacial score (nSPS) is 22.1. The van der Waals surface area contributed by atoms with Gasteiger partial charge in [0.25, 0.3) is 0 Å². The predicted molar refractivity (Wildman–Crippen MR) is 93.1 cm³/mol. The number of hydrogen-bond acceptors (Lipinski definition) is 3. The molecule has 5 nitrogen and oxygen atoms in total. The van der Waals surface area contributed by atoms with Crippen LogP contribution >= 0.6 is 0 Å². The van der Waals surface area contributed by atoms with Crippen LogP contribution in [0, 0.1) is 0 Å². The van der Waals surface area contributed by atoms with Crippen molar-refractivity contribution in [1.29, 1.82) is 0 Å². The standard InChI is InChI=1S/C18H27N3O2/c1-23-17-7-4-12-21(13-17)16-10-8-15(9-11-16)20-18(22)19-14-5-2-3-6-14/h8-11,14,17H,2-7,12-13H2,1H3,(H2,19,20,22). The first-order chi connectivity index (χ1) is 11.2. The Morgan fingerprint density at radius 2 is 1.87 bits per heavy atom. The van der Waals surface area contributed by atoms with Gasteiger partial charge in [0, 0.05) is 37.6 Å². The molecule has 2 aliphatic rings. The number of ether oxygens (including phenoxy) is 1. The number of nitrogens with zero attached hydrogens (tertiary/aromatic N) is 1. The highest BCUT2D eigenvalue weighted by Gasteiger charge is 2.20. The molecule has 1 heterocycles. The smallest absolute Gasteiger partial charge is 0.319 e. The number of methoxy groups -OCH3 is 1. The number of carbonyl (C=O) groups excluding carboxylic acids is 1. The fourth-order valence-electron chi connectivity index (χ4n) is 3.54. The highest BCUT2D eigenvalue weighted by atomic mass is 16.5. The first-order valence-electron chi connectivity index (χ1n) is 8.70. The van der Waals surface area contributed by atoms with E-state index < -0.39 is 0 Å². The van der Waals surface area contributed by atoms with E-state index in [0.717, 1.165) is 44.5 Å². The molecule has 3 rings (SSSR count). The second-order valence-electron chi connectivity index (χ2n) is 6.57. The fourth-order valence-corrected chi connectivity index (χ4v) is 3.54. The molecule has 1 saturated carbocycles. The van der Waals surface area contributed by atoms with Gasteiger partial charge < -0.3 is 20.3 Å². The number of nitrogens with one attached hydrogen (secondary N) is 2. The summed E-state index contributed by atoms with van der Waals surface area (Å²) in [5, 5.41) is 5.97. The van der Waals surface area contributed by atoms with Crippen molar-refractivity contribution in [2.24, 2.45) is 0 Å². The zero-order valence-electron chi connectivity index (χ0n) is 13.9. The summed E-state index contributed by atoms with van der Waals surface area (Å²) in [6, 6.07) is 8.34. The van der Waals surface area contributed by atoms with E-state index in [4.69, 9.17) is 4.74 Å². The van der Waals surface area contributed by atoms with Crippen LogP contribution in [0.3, 0.4) is 0 Å². The summed E-state index contributed by atoms with van der Waals surface area (Å²) in [6.45, 7) is 2.00. The molecular weight excluding hydrogens is 290 g/mol. The van der Waals surface area contributed by atoms with E-state index in [9.17, 15) is 4.79 Å². The van der Waals surface area contributed by atoms with Gasteiger partial charge in [-0.1, -0.05) is 12.8 Å². The number of piperidine rings is 1. The molecule has 0 aromatic heterocycles. The summed E-state index contributed by atoms with van der Waals surface area (Å²) >= 11 is 0. The quantitative estimate of drug-likeness (QED) is 0.895. The maximum atomic E-state index is 12.0. The van der Waals surface area contributed by atoms with Gasteiger partial charge in [0.2, 0.25) is 0 Å². The third-order valence-corrected chi connectivity index (χ3v) is 4.89. The lowest BCUT2D eigenvalue weighted by Gasteiger charge is -2.33. The van der Waals surface area contributed by atoms with Crippen LogP contribution in [0.25, 0.3) is 0 Å². The van der Waals surface area contributed by atoms with Crippen molar-refractivity contribution in [2.75, 3.05) is 30.4 Å². The van der Waals surface area contributed by atoms with Gasteiger partial charge in [-0.05, 0) is 49.9 Å². The average Bonchev–Trinajstić information content (AvgIpc) is 3.08. The van der Waals surface area contributed by atoms with Crippen molar-refractivity contribution in [1.82, 2.24) is 5.32 Å². The summed E-state index contributed by atoms with van der Waals surface area (Å²) in [6.07, 6.45) is 7.25. The van der Waals surface area contributed by atoms with Crippen LogP contribution in [0.2, 0.25) is 0 Å². The third kappa shape index (κ3) is 4.38. The summed E-state index contributed by atoms with van der Waals surface area (Å²) < 4.78 is 5.48. The Labute approximate surface area is 138 Å². The second-order valence-corrected chi connectivity index (χ2v) is 6.57. The largest absolute Gasteiger partial charge is 0.380 e. The third-order valence-electron chi connectivity index (χ3n) is 4.89. The number of hydrogen-bond donors (Lipinski definition) is 2. The minimum atomic E-state index is -0.0953. The van der Waals surface area contributed by atoms with Crippen LogP contribution in [0.1, 0.15) is 38.5 Å². The Hall–Kier alpha value is -1.75. The summed E-state index contributed by atoms with van der Waals surface area (Å²) in [4.78, 5) is 14.3. The van der Waals surface area contributed by atoms with Crippen molar-refractivity contribution in [2.45, 2.75) is 50.7 Å². The molecule has 0 radical (unpaired) electrons. The maximum absolute atomic E-state index is 12.0. The van der Waals surface area contributed by atoms with E-state index in [1.807, 2.05) is 12.1 Å². The molecule has 2 fully saturated rings. The van der Waals surface area contributed by atoms with Crippen LogP contribution in [0.15, 0.2) is 24.3 Å². The van der Waals surface area contributed by atoms with Crippen LogP contribution in [0.4, 0.5) is 16.2 Å². The Balaban J connectivity index is 1.53. The number of carbonyl (C=O) groups is 1. The molecule has 126 valence electrons. The molecule has 1 unspecified atom stereocenters. The van der Waals surface area contributed by atoms with E-state index in [-0.39, 0.29) is 6.03 Å². The monoisotopic (exact) mass is 317 g/mol. The molecule has 1 saturated heterocycles. The minimum absolute atomic E-state index is 0.0953. The lowest BCUT2D eigenvalue weighted by Crippen LogP contribution is -2.39. The van der Waals surface area contributed by atoms with Crippen LogP contribution in [-0.4, -0.2) is 38.4 Å². The van der Waals surface area contributed by atoms with Crippen molar-refractivity contribution >= 4 is 17.4 Å². The van der Waals surface area contributed by atoms with Gasteiger partial charge >= 0.3 is 6.03 Å². The lowest BCUT2D eigenvalue weighted by molar-refractivity contribution is 0.0893. The summed E-state index contributed by atoms with van der Waals surface area (Å²) in [5.74, 6) is 0. The van der Waals surface area contributed by atoms with Gasteiger partial charge in [-0.2, -0.15) is 0 Å². The number of urea groups is 1. The Morgan fingerprint density at radius 3 is 2.57 bits per heavy atom. The molecule has 0 bridgehead atoms. The number of benzene rings is 1. The van der Waals surface area contributed by atoms with Crippen LogP contribution in [-0.2, 0) is 4.74 Å².